The third-order valence-electron chi connectivity index (χ3n) is 3.53. The molecule has 0 aromatic heterocycles. The maximum atomic E-state index is 12.4. The van der Waals surface area contributed by atoms with Crippen LogP contribution in [0.3, 0.4) is 0 Å². The van der Waals surface area contributed by atoms with Crippen LogP contribution in [-0.4, -0.2) is 39.7 Å². The monoisotopic (exact) mass is 269 g/mol. The number of carbonyl (C=O) groups is 2. The van der Waals surface area contributed by atoms with Gasteiger partial charge in [0.2, 0.25) is 0 Å². The molecule has 0 amide bonds. The van der Waals surface area contributed by atoms with E-state index in [0.717, 1.165) is 5.06 Å². The van der Waals surface area contributed by atoms with Crippen LogP contribution in [0.25, 0.3) is 0 Å². The lowest BCUT2D eigenvalue weighted by Gasteiger charge is -2.36. The lowest BCUT2D eigenvalue weighted by molar-refractivity contribution is -0.186. The number of Topliss-reactive ketones (excluding diaryl/α,β-unsaturated/α-hetero) is 1. The molecule has 108 valence electrons. The van der Waals surface area contributed by atoms with E-state index in [0.29, 0.717) is 5.57 Å². The van der Waals surface area contributed by atoms with E-state index in [1.807, 2.05) is 13.8 Å². The molecule has 5 heteroatoms. The molecule has 0 radical (unpaired) electrons. The van der Waals surface area contributed by atoms with E-state index in [4.69, 9.17) is 4.74 Å². The van der Waals surface area contributed by atoms with Crippen molar-refractivity contribution in [3.05, 3.63) is 11.6 Å². The van der Waals surface area contributed by atoms with Gasteiger partial charge in [0.25, 0.3) is 0 Å². The summed E-state index contributed by atoms with van der Waals surface area (Å²) in [7, 11) is 0. The number of ketones is 1. The summed E-state index contributed by atoms with van der Waals surface area (Å²) in [5, 5.41) is 11.3. The average Bonchev–Trinajstić information content (AvgIpc) is 2.48. The molecule has 1 aliphatic rings. The van der Waals surface area contributed by atoms with Crippen LogP contribution in [0.5, 0.6) is 0 Å². The molecule has 5 nitrogen and oxygen atoms in total. The fourth-order valence-corrected chi connectivity index (χ4v) is 2.41. The van der Waals surface area contributed by atoms with Crippen molar-refractivity contribution in [1.82, 2.24) is 5.06 Å². The standard InChI is InChI=1S/C14H23NO4/c1-7-19-12(17)9(2)11(16)10-8-13(3,4)15(18)14(10,5)6/h8-9,18H,7H2,1-6H3. The van der Waals surface area contributed by atoms with Gasteiger partial charge in [-0.15, -0.1) is 0 Å². The maximum Gasteiger partial charge on any atom is 0.316 e. The first kappa shape index (κ1) is 15.9. The normalized spacial score (nSPS) is 22.8. The van der Waals surface area contributed by atoms with Gasteiger partial charge in [-0.3, -0.25) is 9.59 Å². The van der Waals surface area contributed by atoms with Crippen LogP contribution < -0.4 is 0 Å². The molecular weight excluding hydrogens is 246 g/mol. The molecule has 1 unspecified atom stereocenters. The number of esters is 1. The Kier molecular flexibility index (Phi) is 4.22. The first-order valence-corrected chi connectivity index (χ1v) is 6.49. The van der Waals surface area contributed by atoms with Gasteiger partial charge in [0.1, 0.15) is 5.92 Å². The SMILES string of the molecule is CCOC(=O)C(C)C(=O)C1=CC(C)(C)N(O)C1(C)C. The summed E-state index contributed by atoms with van der Waals surface area (Å²) in [6.07, 6.45) is 1.71. The minimum atomic E-state index is -0.854. The maximum absolute atomic E-state index is 12.4. The molecule has 0 saturated heterocycles. The quantitative estimate of drug-likeness (QED) is 0.624. The molecule has 0 saturated carbocycles. The van der Waals surface area contributed by atoms with Gasteiger partial charge in [-0.25, -0.2) is 0 Å². The highest BCUT2D eigenvalue weighted by atomic mass is 16.5. The zero-order valence-corrected chi connectivity index (χ0v) is 12.5. The van der Waals surface area contributed by atoms with E-state index in [2.05, 4.69) is 0 Å². The topological polar surface area (TPSA) is 66.8 Å². The molecule has 1 aliphatic heterocycles. The van der Waals surface area contributed by atoms with Crippen molar-refractivity contribution in [2.45, 2.75) is 52.6 Å². The summed E-state index contributed by atoms with van der Waals surface area (Å²) in [6.45, 7) is 10.6. The van der Waals surface area contributed by atoms with Crippen LogP contribution in [-0.2, 0) is 14.3 Å². The first-order valence-electron chi connectivity index (χ1n) is 6.49. The number of hydrogen-bond acceptors (Lipinski definition) is 5. The number of hydroxylamine groups is 2. The molecule has 0 bridgehead atoms. The Labute approximate surface area is 114 Å². The summed E-state index contributed by atoms with van der Waals surface area (Å²) in [6, 6.07) is 0. The van der Waals surface area contributed by atoms with Gasteiger partial charge in [0.05, 0.1) is 17.7 Å². The van der Waals surface area contributed by atoms with E-state index in [1.54, 1.807) is 26.8 Å². The molecule has 1 N–H and O–H groups in total. The van der Waals surface area contributed by atoms with Crippen molar-refractivity contribution in [1.29, 1.82) is 0 Å². The molecular formula is C14H23NO4. The van der Waals surface area contributed by atoms with Crippen LogP contribution >= 0.6 is 0 Å². The molecule has 0 fully saturated rings. The fraction of sp³-hybridized carbons (Fsp3) is 0.714. The molecule has 19 heavy (non-hydrogen) atoms. The van der Waals surface area contributed by atoms with Crippen molar-refractivity contribution in [3.8, 4) is 0 Å². The van der Waals surface area contributed by atoms with Crippen molar-refractivity contribution in [3.63, 3.8) is 0 Å². The molecule has 0 aromatic rings. The van der Waals surface area contributed by atoms with Gasteiger partial charge in [-0.2, -0.15) is 5.06 Å². The second-order valence-corrected chi connectivity index (χ2v) is 5.92. The number of hydrogen-bond donors (Lipinski definition) is 1. The Bertz CT molecular complexity index is 423. The summed E-state index contributed by atoms with van der Waals surface area (Å²) in [5.41, 5.74) is -1.01. The van der Waals surface area contributed by atoms with Gasteiger partial charge in [0.15, 0.2) is 5.78 Å². The highest BCUT2D eigenvalue weighted by Gasteiger charge is 2.48. The van der Waals surface area contributed by atoms with E-state index in [9.17, 15) is 14.8 Å². The third kappa shape index (κ3) is 2.72. The largest absolute Gasteiger partial charge is 0.465 e. The lowest BCUT2D eigenvalue weighted by atomic mass is 9.87. The summed E-state index contributed by atoms with van der Waals surface area (Å²) in [5.74, 6) is -1.68. The van der Waals surface area contributed by atoms with Crippen molar-refractivity contribution in [2.75, 3.05) is 6.61 Å². The number of rotatable bonds is 4. The Balaban J connectivity index is 3.03. The van der Waals surface area contributed by atoms with Gasteiger partial charge < -0.3 is 9.94 Å². The first-order chi connectivity index (χ1) is 8.55. The van der Waals surface area contributed by atoms with Crippen LogP contribution in [0, 0.1) is 5.92 Å². The predicted molar refractivity (Wildman–Crippen MR) is 70.7 cm³/mol. The molecule has 1 rings (SSSR count). The highest BCUT2D eigenvalue weighted by molar-refractivity contribution is 6.09. The number of ether oxygens (including phenoxy) is 1. The van der Waals surface area contributed by atoms with E-state index in [1.165, 1.54) is 6.92 Å². The van der Waals surface area contributed by atoms with E-state index in [-0.39, 0.29) is 12.4 Å². The Morgan fingerprint density at radius 2 is 1.89 bits per heavy atom. The van der Waals surface area contributed by atoms with Crippen molar-refractivity contribution >= 4 is 11.8 Å². The zero-order valence-electron chi connectivity index (χ0n) is 12.5. The molecule has 1 heterocycles. The molecule has 0 spiro atoms. The smallest absolute Gasteiger partial charge is 0.316 e. The van der Waals surface area contributed by atoms with Crippen molar-refractivity contribution < 1.29 is 19.5 Å². The minimum Gasteiger partial charge on any atom is -0.465 e. The van der Waals surface area contributed by atoms with Crippen LogP contribution in [0.15, 0.2) is 11.6 Å². The van der Waals surface area contributed by atoms with Gasteiger partial charge in [-0.05, 0) is 41.5 Å². The van der Waals surface area contributed by atoms with Crippen LogP contribution in [0.1, 0.15) is 41.5 Å². The zero-order chi connectivity index (χ0) is 15.0. The Morgan fingerprint density at radius 3 is 2.26 bits per heavy atom. The molecule has 0 aromatic carbocycles. The van der Waals surface area contributed by atoms with Gasteiger partial charge in [0, 0.05) is 5.57 Å². The fourth-order valence-electron chi connectivity index (χ4n) is 2.41. The predicted octanol–water partition coefficient (Wildman–Crippen LogP) is 1.94. The van der Waals surface area contributed by atoms with Crippen molar-refractivity contribution in [2.24, 2.45) is 5.92 Å². The Morgan fingerprint density at radius 1 is 1.37 bits per heavy atom. The number of carbonyl (C=O) groups excluding carboxylic acids is 2. The average molecular weight is 269 g/mol. The van der Waals surface area contributed by atoms with Crippen LogP contribution in [0.4, 0.5) is 0 Å². The Hall–Kier alpha value is -1.20. The summed E-state index contributed by atoms with van der Waals surface area (Å²) in [4.78, 5) is 24.1. The molecule has 0 aliphatic carbocycles. The van der Waals surface area contributed by atoms with Gasteiger partial charge >= 0.3 is 5.97 Å². The summed E-state index contributed by atoms with van der Waals surface area (Å²) >= 11 is 0. The minimum absolute atomic E-state index is 0.247. The van der Waals surface area contributed by atoms with E-state index >= 15 is 0 Å². The second kappa shape index (κ2) is 5.06. The number of nitrogens with zero attached hydrogens (tertiary/aromatic N) is 1. The lowest BCUT2D eigenvalue weighted by Crippen LogP contribution is -2.49. The second-order valence-electron chi connectivity index (χ2n) is 5.92. The third-order valence-corrected chi connectivity index (χ3v) is 3.53. The van der Waals surface area contributed by atoms with E-state index < -0.39 is 23.0 Å². The van der Waals surface area contributed by atoms with Crippen LogP contribution in [0.2, 0.25) is 0 Å². The van der Waals surface area contributed by atoms with Gasteiger partial charge in [-0.1, -0.05) is 6.08 Å². The highest BCUT2D eigenvalue weighted by Crippen LogP contribution is 2.39. The molecule has 1 atom stereocenters. The summed E-state index contributed by atoms with van der Waals surface area (Å²) < 4.78 is 4.87.